The van der Waals surface area contributed by atoms with Gasteiger partial charge in [-0.3, -0.25) is 0 Å². The Morgan fingerprint density at radius 3 is 1.29 bits per heavy atom. The molecule has 0 atom stereocenters. The molecule has 0 aromatic heterocycles. The molecule has 0 aliphatic rings. The maximum atomic E-state index is 2.17. The first kappa shape index (κ1) is 12.2. The van der Waals surface area contributed by atoms with Crippen molar-refractivity contribution in [3.63, 3.8) is 0 Å². The molecule has 0 saturated carbocycles. The van der Waals surface area contributed by atoms with E-state index in [1.165, 1.54) is 10.6 Å². The van der Waals surface area contributed by atoms with E-state index >= 15 is 0 Å². The van der Waals surface area contributed by atoms with E-state index in [4.69, 9.17) is 0 Å². The molecule has 0 heterocycles. The molecular formula is C12H11ArP. The Labute approximate surface area is 117 Å². The van der Waals surface area contributed by atoms with Gasteiger partial charge in [0, 0.05) is 37.7 Å². The van der Waals surface area contributed by atoms with E-state index in [-0.39, 0.29) is 37.7 Å². The van der Waals surface area contributed by atoms with Crippen molar-refractivity contribution in [1.29, 1.82) is 0 Å². The van der Waals surface area contributed by atoms with Gasteiger partial charge in [-0.05, 0) is 10.6 Å². The summed E-state index contributed by atoms with van der Waals surface area (Å²) in [4.78, 5) is 0. The van der Waals surface area contributed by atoms with Crippen molar-refractivity contribution in [1.82, 2.24) is 0 Å². The monoisotopic (exact) mass is 226 g/mol. The Bertz CT molecular complexity index is 321. The molecule has 2 rings (SSSR count). The van der Waals surface area contributed by atoms with Crippen molar-refractivity contribution in [2.24, 2.45) is 0 Å². The SMILES string of the molecule is [Ar].c1ccc(Pc2ccccc2)cc1. The third kappa shape index (κ3) is 3.71. The maximum absolute atomic E-state index is 2.17. The van der Waals surface area contributed by atoms with Gasteiger partial charge in [-0.2, -0.15) is 0 Å². The molecule has 0 aliphatic carbocycles. The van der Waals surface area contributed by atoms with Crippen molar-refractivity contribution < 1.29 is 37.7 Å². The van der Waals surface area contributed by atoms with Crippen LogP contribution in [0.4, 0.5) is 0 Å². The molecule has 0 unspecified atom stereocenters. The van der Waals surface area contributed by atoms with Gasteiger partial charge in [0.05, 0.1) is 0 Å². The Morgan fingerprint density at radius 1 is 0.571 bits per heavy atom. The minimum Gasteiger partial charge on any atom is -0.0622 e. The predicted molar refractivity (Wildman–Crippen MR) is 60.5 cm³/mol. The Morgan fingerprint density at radius 2 is 0.929 bits per heavy atom. The average Bonchev–Trinajstić information content (AvgIpc) is 2.21. The van der Waals surface area contributed by atoms with Crippen molar-refractivity contribution in [2.75, 3.05) is 0 Å². The zero-order valence-electron chi connectivity index (χ0n) is 7.63. The van der Waals surface area contributed by atoms with E-state index in [1.807, 2.05) is 0 Å². The van der Waals surface area contributed by atoms with E-state index in [0.29, 0.717) is 0 Å². The van der Waals surface area contributed by atoms with Crippen LogP contribution in [0.1, 0.15) is 0 Å². The summed E-state index contributed by atoms with van der Waals surface area (Å²) in [6, 6.07) is 21.2. The molecule has 0 spiro atoms. The van der Waals surface area contributed by atoms with Gasteiger partial charge in [0.1, 0.15) is 0 Å². The van der Waals surface area contributed by atoms with Gasteiger partial charge >= 0.3 is 0 Å². The molecule has 0 nitrogen and oxygen atoms in total. The molecule has 0 amide bonds. The molecule has 14 heavy (non-hydrogen) atoms. The van der Waals surface area contributed by atoms with Gasteiger partial charge in [0.25, 0.3) is 0 Å². The van der Waals surface area contributed by atoms with Crippen molar-refractivity contribution in [3.05, 3.63) is 60.7 Å². The Kier molecular flexibility index (Phi) is 5.74. The second-order valence-electron chi connectivity index (χ2n) is 2.86. The van der Waals surface area contributed by atoms with Gasteiger partial charge < -0.3 is 0 Å². The van der Waals surface area contributed by atoms with E-state index in [0.717, 1.165) is 8.58 Å². The quantitative estimate of drug-likeness (QED) is 0.689. The van der Waals surface area contributed by atoms with Crippen LogP contribution in [0.25, 0.3) is 0 Å². The van der Waals surface area contributed by atoms with Gasteiger partial charge in [-0.1, -0.05) is 69.2 Å². The fourth-order valence-corrected chi connectivity index (χ4v) is 2.26. The van der Waals surface area contributed by atoms with E-state index < -0.39 is 0 Å². The number of hydrogen-bond acceptors (Lipinski definition) is 0. The van der Waals surface area contributed by atoms with Crippen LogP contribution in [-0.2, 0) is 0 Å². The van der Waals surface area contributed by atoms with Crippen LogP contribution in [0.2, 0.25) is 0 Å². The Balaban J connectivity index is 0.000000980. The number of rotatable bonds is 2. The van der Waals surface area contributed by atoms with Gasteiger partial charge in [0.15, 0.2) is 0 Å². The minimum atomic E-state index is 0. The predicted octanol–water partition coefficient (Wildman–Crippen LogP) is 2.32. The fourth-order valence-electron chi connectivity index (χ4n) is 1.21. The molecule has 2 heteroatoms. The molecule has 0 saturated heterocycles. The maximum Gasteiger partial charge on any atom is 0 e. The van der Waals surface area contributed by atoms with Crippen LogP contribution < -0.4 is 10.6 Å². The van der Waals surface area contributed by atoms with Gasteiger partial charge in [0.2, 0.25) is 0 Å². The zero-order valence-corrected chi connectivity index (χ0v) is 9.33. The van der Waals surface area contributed by atoms with Crippen LogP contribution in [0.5, 0.6) is 0 Å². The first-order valence-corrected chi connectivity index (χ1v) is 5.32. The average molecular weight is 226 g/mol. The first-order valence-electron chi connectivity index (χ1n) is 4.32. The molecule has 2 aromatic carbocycles. The van der Waals surface area contributed by atoms with E-state index in [9.17, 15) is 0 Å². The largest absolute Gasteiger partial charge is 0.0622 e. The summed E-state index contributed by atoms with van der Waals surface area (Å²) in [7, 11) is 0.777. The molecule has 72 valence electrons. The molecular weight excluding hydrogens is 215 g/mol. The fraction of sp³-hybridized carbons (Fsp3) is 0. The smallest absolute Gasteiger partial charge is 0 e. The molecule has 0 aliphatic heterocycles. The minimum absolute atomic E-state index is 0. The van der Waals surface area contributed by atoms with Crippen molar-refractivity contribution >= 4 is 19.2 Å². The van der Waals surface area contributed by atoms with Crippen LogP contribution in [0.3, 0.4) is 0 Å². The van der Waals surface area contributed by atoms with Crippen molar-refractivity contribution in [2.45, 2.75) is 0 Å². The molecule has 0 fully saturated rings. The summed E-state index contributed by atoms with van der Waals surface area (Å²) in [6.07, 6.45) is 0. The topological polar surface area (TPSA) is 0 Å². The summed E-state index contributed by atoms with van der Waals surface area (Å²) in [5.41, 5.74) is 0. The summed E-state index contributed by atoms with van der Waals surface area (Å²) in [5.74, 6) is 0. The summed E-state index contributed by atoms with van der Waals surface area (Å²) in [5, 5.41) is 2.79. The van der Waals surface area contributed by atoms with Crippen LogP contribution in [0.15, 0.2) is 60.7 Å². The number of hydrogen-bond donors (Lipinski definition) is 0. The summed E-state index contributed by atoms with van der Waals surface area (Å²) < 4.78 is 0. The zero-order chi connectivity index (χ0) is 8.93. The number of benzene rings is 2. The second kappa shape index (κ2) is 6.58. The summed E-state index contributed by atoms with van der Waals surface area (Å²) in [6.45, 7) is 0. The van der Waals surface area contributed by atoms with Crippen LogP contribution in [0, 0.1) is 37.7 Å². The normalized spacial score (nSPS) is 9.14. The van der Waals surface area contributed by atoms with Gasteiger partial charge in [-0.25, -0.2) is 0 Å². The second-order valence-corrected chi connectivity index (χ2v) is 4.26. The van der Waals surface area contributed by atoms with E-state index in [2.05, 4.69) is 60.7 Å². The van der Waals surface area contributed by atoms with Crippen molar-refractivity contribution in [3.8, 4) is 0 Å². The third-order valence-electron chi connectivity index (χ3n) is 1.84. The third-order valence-corrected chi connectivity index (χ3v) is 3.08. The molecule has 0 bridgehead atoms. The Hall–Kier alpha value is 0.130. The standard InChI is InChI=1S/C12H11P.Ar/c1-3-7-11(8-4-1)13-12-9-5-2-6-10-12;/h1-10,13H;. The molecule has 2 aromatic rings. The summed E-state index contributed by atoms with van der Waals surface area (Å²) >= 11 is 0. The molecule has 0 radical (unpaired) electrons. The first-order chi connectivity index (χ1) is 6.45. The van der Waals surface area contributed by atoms with Gasteiger partial charge in [-0.15, -0.1) is 0 Å². The van der Waals surface area contributed by atoms with Crippen LogP contribution >= 0.6 is 8.58 Å². The van der Waals surface area contributed by atoms with E-state index in [1.54, 1.807) is 0 Å². The molecule has 0 N–H and O–H groups in total. The van der Waals surface area contributed by atoms with Crippen LogP contribution in [-0.4, -0.2) is 0 Å².